The summed E-state index contributed by atoms with van der Waals surface area (Å²) in [6.45, 7) is 5.02. The third-order valence-corrected chi connectivity index (χ3v) is 4.78. The van der Waals surface area contributed by atoms with Crippen LogP contribution in [0.15, 0.2) is 54.6 Å². The second-order valence-electron chi connectivity index (χ2n) is 7.27. The number of amides is 1. The number of carbonyl (C=O) groups is 2. The van der Waals surface area contributed by atoms with E-state index in [-0.39, 0.29) is 0 Å². The second kappa shape index (κ2) is 12.4. The minimum absolute atomic E-state index is 0.539. The third kappa shape index (κ3) is 7.66. The Bertz CT molecular complexity index is 1060. The molecule has 2 aromatic carbocycles. The number of H-pyrrole nitrogens is 1. The zero-order valence-electron chi connectivity index (χ0n) is 18.1. The fourth-order valence-electron chi connectivity index (χ4n) is 3.06. The van der Waals surface area contributed by atoms with Crippen LogP contribution in [-0.4, -0.2) is 44.9 Å². The summed E-state index contributed by atoms with van der Waals surface area (Å²) >= 11 is 0. The molecule has 0 unspecified atom stereocenters. The molecule has 32 heavy (non-hydrogen) atoms. The van der Waals surface area contributed by atoms with Crippen molar-refractivity contribution in [3.8, 4) is 0 Å². The van der Waals surface area contributed by atoms with Crippen molar-refractivity contribution in [3.05, 3.63) is 77.0 Å². The maximum absolute atomic E-state index is 11.0. The number of hydroxylamine groups is 1. The van der Waals surface area contributed by atoms with Crippen LogP contribution >= 0.6 is 0 Å². The fourth-order valence-corrected chi connectivity index (χ4v) is 3.06. The fraction of sp³-hybridized carbons (Fsp3) is 0.250. The lowest BCUT2D eigenvalue weighted by atomic mass is 10.1. The van der Waals surface area contributed by atoms with E-state index in [0.29, 0.717) is 0 Å². The van der Waals surface area contributed by atoms with Crippen LogP contribution in [0.1, 0.15) is 29.3 Å². The summed E-state index contributed by atoms with van der Waals surface area (Å²) in [7, 11) is 0. The van der Waals surface area contributed by atoms with Crippen LogP contribution in [0.3, 0.4) is 0 Å². The Morgan fingerprint density at radius 2 is 1.78 bits per heavy atom. The van der Waals surface area contributed by atoms with Gasteiger partial charge in [0.25, 0.3) is 5.91 Å². The van der Waals surface area contributed by atoms with E-state index in [4.69, 9.17) is 15.4 Å². The first-order chi connectivity index (χ1) is 15.3. The Kier molecular flexibility index (Phi) is 9.62. The van der Waals surface area contributed by atoms with Crippen molar-refractivity contribution in [2.75, 3.05) is 6.54 Å². The summed E-state index contributed by atoms with van der Waals surface area (Å²) in [6.07, 6.45) is 2.69. The van der Waals surface area contributed by atoms with Crippen LogP contribution < -0.4 is 10.8 Å². The van der Waals surface area contributed by atoms with Crippen molar-refractivity contribution in [2.45, 2.75) is 32.9 Å². The van der Waals surface area contributed by atoms with Gasteiger partial charge in [0.05, 0.1) is 0 Å². The van der Waals surface area contributed by atoms with Gasteiger partial charge in [0.2, 0.25) is 0 Å². The molecule has 0 bridgehead atoms. The summed E-state index contributed by atoms with van der Waals surface area (Å²) < 4.78 is 0. The van der Waals surface area contributed by atoms with Gasteiger partial charge in [-0.3, -0.25) is 10.0 Å². The van der Waals surface area contributed by atoms with Crippen molar-refractivity contribution in [2.24, 2.45) is 0 Å². The Morgan fingerprint density at radius 3 is 2.41 bits per heavy atom. The average molecular weight is 440 g/mol. The number of carboxylic acid groups (broad SMARTS) is 1. The maximum Gasteiger partial charge on any atom is 0.332 e. The molecule has 0 saturated heterocycles. The molecule has 8 nitrogen and oxygen atoms in total. The molecule has 0 fully saturated rings. The van der Waals surface area contributed by atoms with E-state index in [1.54, 1.807) is 11.6 Å². The quantitative estimate of drug-likeness (QED) is 0.138. The molecule has 1 heterocycles. The van der Waals surface area contributed by atoms with Gasteiger partial charge in [-0.1, -0.05) is 42.5 Å². The molecule has 0 aliphatic heterocycles. The van der Waals surface area contributed by atoms with Gasteiger partial charge in [-0.25, -0.2) is 10.3 Å². The van der Waals surface area contributed by atoms with E-state index in [1.807, 2.05) is 24.3 Å². The summed E-state index contributed by atoms with van der Waals surface area (Å²) in [5.41, 5.74) is 7.46. The van der Waals surface area contributed by atoms with Crippen LogP contribution in [0.2, 0.25) is 0 Å². The predicted molar refractivity (Wildman–Crippen MR) is 123 cm³/mol. The zero-order valence-corrected chi connectivity index (χ0v) is 18.1. The van der Waals surface area contributed by atoms with Gasteiger partial charge in [0.15, 0.2) is 0 Å². The molecule has 0 spiro atoms. The van der Waals surface area contributed by atoms with Crippen molar-refractivity contribution >= 4 is 28.9 Å². The first-order valence-corrected chi connectivity index (χ1v) is 10.2. The smallest absolute Gasteiger partial charge is 0.332 e. The summed E-state index contributed by atoms with van der Waals surface area (Å²) in [5, 5.41) is 29.0. The van der Waals surface area contributed by atoms with Gasteiger partial charge in [-0.05, 0) is 55.6 Å². The number of para-hydroxylation sites is 1. The molecule has 170 valence electrons. The van der Waals surface area contributed by atoms with Gasteiger partial charge >= 0.3 is 5.97 Å². The molecule has 6 N–H and O–H groups in total. The van der Waals surface area contributed by atoms with Crippen molar-refractivity contribution in [1.29, 1.82) is 0 Å². The molecule has 1 aromatic heterocycles. The van der Waals surface area contributed by atoms with Gasteiger partial charge in [-0.2, -0.15) is 0 Å². The van der Waals surface area contributed by atoms with E-state index in [0.717, 1.165) is 25.1 Å². The molecule has 3 aromatic rings. The topological polar surface area (TPSA) is 135 Å². The molecule has 0 aliphatic rings. The number of aromatic nitrogens is 1. The maximum atomic E-state index is 11.0. The van der Waals surface area contributed by atoms with Crippen LogP contribution in [0.5, 0.6) is 0 Å². The number of aliphatic hydroxyl groups excluding tert-OH is 1. The van der Waals surface area contributed by atoms with Crippen molar-refractivity contribution in [3.63, 3.8) is 0 Å². The molecular formula is C24H29N3O5. The molecule has 0 saturated carbocycles. The minimum atomic E-state index is -1.23. The highest BCUT2D eigenvalue weighted by Gasteiger charge is 2.07. The molecule has 1 atom stereocenters. The van der Waals surface area contributed by atoms with Gasteiger partial charge in [-0.15, -0.1) is 0 Å². The highest BCUT2D eigenvalue weighted by Crippen LogP contribution is 2.21. The summed E-state index contributed by atoms with van der Waals surface area (Å²) in [4.78, 5) is 23.9. The van der Waals surface area contributed by atoms with E-state index >= 15 is 0 Å². The van der Waals surface area contributed by atoms with Crippen LogP contribution in [0, 0.1) is 6.92 Å². The lowest BCUT2D eigenvalue weighted by molar-refractivity contribution is -0.145. The van der Waals surface area contributed by atoms with Crippen LogP contribution in [0.25, 0.3) is 17.0 Å². The van der Waals surface area contributed by atoms with Crippen molar-refractivity contribution < 1.29 is 25.0 Å². The highest BCUT2D eigenvalue weighted by atomic mass is 16.5. The average Bonchev–Trinajstić information content (AvgIpc) is 3.11. The molecular weight excluding hydrogens is 410 g/mol. The predicted octanol–water partition coefficient (Wildman–Crippen LogP) is 2.78. The number of carboxylic acids is 1. The Labute approximate surface area is 186 Å². The monoisotopic (exact) mass is 439 g/mol. The number of nitrogens with one attached hydrogen (secondary N) is 3. The Hall–Kier alpha value is -3.46. The standard InChI is InChI=1S/C21H23N3O2.C3H6O3/c1-15-18(19-4-2-3-5-20(19)23-15)12-13-22-14-17-8-6-16(7-9-17)10-11-21(25)24-26;1-2(4)3(5)6/h2-11,22-23,26H,12-14H2,1H3,(H,24,25);2,4H,1H3,(H,5,6)/b11-10+;/t;2-/m.1/s1. The number of aromatic amines is 1. The second-order valence-corrected chi connectivity index (χ2v) is 7.27. The molecule has 0 aliphatic carbocycles. The highest BCUT2D eigenvalue weighted by molar-refractivity contribution is 5.90. The summed E-state index contributed by atoms with van der Waals surface area (Å²) in [6, 6.07) is 16.4. The Morgan fingerprint density at radius 1 is 1.12 bits per heavy atom. The Balaban J connectivity index is 0.000000534. The van der Waals surface area contributed by atoms with Gasteiger partial charge < -0.3 is 20.5 Å². The number of carbonyl (C=O) groups excluding carboxylic acids is 1. The third-order valence-electron chi connectivity index (χ3n) is 4.78. The van der Waals surface area contributed by atoms with Gasteiger partial charge in [0.1, 0.15) is 6.10 Å². The minimum Gasteiger partial charge on any atom is -0.479 e. The number of aliphatic carboxylic acids is 1. The number of hydrogen-bond donors (Lipinski definition) is 6. The normalized spacial score (nSPS) is 11.8. The molecule has 8 heteroatoms. The van der Waals surface area contributed by atoms with Crippen LogP contribution in [0.4, 0.5) is 0 Å². The first kappa shape index (κ1) is 24.8. The SMILES string of the molecule is C[C@@H](O)C(=O)O.Cc1[nH]c2ccccc2c1CCNCc1ccc(/C=C/C(=O)NO)cc1. The molecule has 1 amide bonds. The molecule has 3 rings (SSSR count). The number of aliphatic hydroxyl groups is 1. The lowest BCUT2D eigenvalue weighted by Crippen LogP contribution is -2.16. The number of fused-ring (bicyclic) bond motifs is 1. The first-order valence-electron chi connectivity index (χ1n) is 10.2. The van der Waals surface area contributed by atoms with E-state index in [2.05, 4.69) is 41.5 Å². The van der Waals surface area contributed by atoms with Gasteiger partial charge in [0, 0.05) is 29.2 Å². The summed E-state index contributed by atoms with van der Waals surface area (Å²) in [5.74, 6) is -1.72. The zero-order chi connectivity index (χ0) is 23.5. The molecule has 0 radical (unpaired) electrons. The number of rotatable bonds is 8. The number of aryl methyl sites for hydroxylation is 1. The van der Waals surface area contributed by atoms with Crippen molar-refractivity contribution in [1.82, 2.24) is 15.8 Å². The lowest BCUT2D eigenvalue weighted by Gasteiger charge is -2.06. The van der Waals surface area contributed by atoms with E-state index in [9.17, 15) is 9.59 Å². The van der Waals surface area contributed by atoms with E-state index < -0.39 is 18.0 Å². The largest absolute Gasteiger partial charge is 0.479 e. The number of hydrogen-bond acceptors (Lipinski definition) is 5. The van der Waals surface area contributed by atoms with E-state index in [1.165, 1.54) is 40.7 Å². The van der Waals surface area contributed by atoms with Crippen LogP contribution in [-0.2, 0) is 22.6 Å². The number of benzene rings is 2.